The van der Waals surface area contributed by atoms with Gasteiger partial charge in [0.2, 0.25) is 0 Å². The molecule has 0 aromatic carbocycles. The molecular weight excluding hydrogens is 286 g/mol. The van der Waals surface area contributed by atoms with Gasteiger partial charge in [0, 0.05) is 29.4 Å². The molecule has 1 N–H and O–H groups in total. The average Bonchev–Trinajstić information content (AvgIpc) is 3.12. The molecule has 1 atom stereocenters. The largest absolute Gasteiger partial charge is 0.351 e. The Bertz CT molecular complexity index is 547. The van der Waals surface area contributed by atoms with Crippen LogP contribution in [0.5, 0.6) is 0 Å². The Morgan fingerprint density at radius 2 is 2.40 bits per heavy atom. The zero-order valence-electron chi connectivity index (χ0n) is 12.1. The standard InChI is InChI=1S/C15H21N3S2/c1-16-12-6-3-7-13-14(12)20-15(17-13)18(2)9-8-11-5-4-10-19-11/h4-5,10,12,16H,3,6-9H2,1-2H3. The van der Waals surface area contributed by atoms with Gasteiger partial charge < -0.3 is 10.2 Å². The summed E-state index contributed by atoms with van der Waals surface area (Å²) in [6, 6.07) is 4.85. The molecule has 0 saturated carbocycles. The lowest BCUT2D eigenvalue weighted by Gasteiger charge is -2.19. The number of thiazole rings is 1. The van der Waals surface area contributed by atoms with Gasteiger partial charge in [0.15, 0.2) is 5.13 Å². The minimum Gasteiger partial charge on any atom is -0.351 e. The van der Waals surface area contributed by atoms with Crippen LogP contribution in [0.25, 0.3) is 0 Å². The van der Waals surface area contributed by atoms with E-state index in [1.807, 2.05) is 22.7 Å². The van der Waals surface area contributed by atoms with Crippen LogP contribution < -0.4 is 10.2 Å². The number of nitrogens with one attached hydrogen (secondary N) is 1. The Balaban J connectivity index is 1.69. The number of aryl methyl sites for hydroxylation is 1. The van der Waals surface area contributed by atoms with Crippen molar-refractivity contribution in [1.82, 2.24) is 10.3 Å². The maximum atomic E-state index is 4.86. The van der Waals surface area contributed by atoms with Gasteiger partial charge in [-0.1, -0.05) is 17.4 Å². The smallest absolute Gasteiger partial charge is 0.185 e. The van der Waals surface area contributed by atoms with E-state index >= 15 is 0 Å². The van der Waals surface area contributed by atoms with Crippen LogP contribution in [0.4, 0.5) is 5.13 Å². The molecular formula is C15H21N3S2. The number of aromatic nitrogens is 1. The van der Waals surface area contributed by atoms with Crippen LogP contribution in [0.2, 0.25) is 0 Å². The topological polar surface area (TPSA) is 28.2 Å². The van der Waals surface area contributed by atoms with Crippen LogP contribution in [-0.4, -0.2) is 25.6 Å². The number of hydrogen-bond acceptors (Lipinski definition) is 5. The Morgan fingerprint density at radius 3 is 3.15 bits per heavy atom. The Morgan fingerprint density at radius 1 is 1.50 bits per heavy atom. The summed E-state index contributed by atoms with van der Waals surface area (Å²) >= 11 is 3.71. The molecule has 108 valence electrons. The van der Waals surface area contributed by atoms with E-state index < -0.39 is 0 Å². The maximum Gasteiger partial charge on any atom is 0.185 e. The van der Waals surface area contributed by atoms with E-state index in [9.17, 15) is 0 Å². The Hall–Kier alpha value is -0.910. The lowest BCUT2D eigenvalue weighted by Crippen LogP contribution is -2.20. The minimum atomic E-state index is 0.510. The molecule has 0 aliphatic heterocycles. The lowest BCUT2D eigenvalue weighted by atomic mass is 9.98. The first-order chi connectivity index (χ1) is 9.78. The van der Waals surface area contributed by atoms with E-state index in [1.165, 1.54) is 33.4 Å². The molecule has 0 bridgehead atoms. The molecule has 5 heteroatoms. The second-order valence-corrected chi connectivity index (χ2v) is 7.33. The summed E-state index contributed by atoms with van der Waals surface area (Å²) in [6.07, 6.45) is 4.74. The highest BCUT2D eigenvalue weighted by molar-refractivity contribution is 7.15. The average molecular weight is 307 g/mol. The zero-order chi connectivity index (χ0) is 13.9. The summed E-state index contributed by atoms with van der Waals surface area (Å²) in [5.74, 6) is 0. The first-order valence-corrected chi connectivity index (χ1v) is 8.88. The van der Waals surface area contributed by atoms with Crippen molar-refractivity contribution in [2.24, 2.45) is 0 Å². The fraction of sp³-hybridized carbons (Fsp3) is 0.533. The number of fused-ring (bicyclic) bond motifs is 1. The van der Waals surface area contributed by atoms with Crippen LogP contribution >= 0.6 is 22.7 Å². The van der Waals surface area contributed by atoms with Gasteiger partial charge in [-0.3, -0.25) is 0 Å². The molecule has 0 fully saturated rings. The molecule has 1 aliphatic rings. The lowest BCUT2D eigenvalue weighted by molar-refractivity contribution is 0.501. The van der Waals surface area contributed by atoms with Gasteiger partial charge in [0.05, 0.1) is 5.69 Å². The van der Waals surface area contributed by atoms with Crippen LogP contribution in [0.15, 0.2) is 17.5 Å². The SMILES string of the molecule is CNC1CCCc2nc(N(C)CCc3cccs3)sc21. The second kappa shape index (κ2) is 6.24. The highest BCUT2D eigenvalue weighted by Gasteiger charge is 2.24. The van der Waals surface area contributed by atoms with Gasteiger partial charge in [-0.15, -0.1) is 11.3 Å². The third kappa shape index (κ3) is 2.90. The van der Waals surface area contributed by atoms with Crippen LogP contribution in [0, 0.1) is 0 Å². The molecule has 0 radical (unpaired) electrons. The number of nitrogens with zero attached hydrogens (tertiary/aromatic N) is 2. The number of hydrogen-bond donors (Lipinski definition) is 1. The Labute approximate surface area is 128 Å². The van der Waals surface area contributed by atoms with Crippen molar-refractivity contribution in [1.29, 1.82) is 0 Å². The van der Waals surface area contributed by atoms with Gasteiger partial charge in [-0.05, 0) is 44.2 Å². The van der Waals surface area contributed by atoms with Gasteiger partial charge in [0.25, 0.3) is 0 Å². The molecule has 1 aliphatic carbocycles. The highest BCUT2D eigenvalue weighted by atomic mass is 32.1. The van der Waals surface area contributed by atoms with Crippen LogP contribution in [0.1, 0.15) is 34.3 Å². The summed E-state index contributed by atoms with van der Waals surface area (Å²) in [5, 5.41) is 6.74. The van der Waals surface area contributed by atoms with E-state index in [0.717, 1.165) is 19.4 Å². The number of rotatable bonds is 5. The van der Waals surface area contributed by atoms with Gasteiger partial charge >= 0.3 is 0 Å². The van der Waals surface area contributed by atoms with Crippen molar-refractivity contribution in [3.8, 4) is 0 Å². The summed E-state index contributed by atoms with van der Waals surface area (Å²) in [6.45, 7) is 1.04. The first kappa shape index (κ1) is 14.0. The molecule has 2 heterocycles. The van der Waals surface area contributed by atoms with Crippen molar-refractivity contribution in [2.75, 3.05) is 25.5 Å². The van der Waals surface area contributed by atoms with Crippen molar-refractivity contribution in [3.05, 3.63) is 33.0 Å². The molecule has 3 nitrogen and oxygen atoms in total. The monoisotopic (exact) mass is 307 g/mol. The molecule has 1 unspecified atom stereocenters. The molecule has 2 aromatic heterocycles. The number of anilines is 1. The van der Waals surface area contributed by atoms with Gasteiger partial charge in [-0.2, -0.15) is 0 Å². The Kier molecular flexibility index (Phi) is 4.38. The molecule has 0 amide bonds. The van der Waals surface area contributed by atoms with E-state index in [2.05, 4.69) is 41.8 Å². The van der Waals surface area contributed by atoms with Gasteiger partial charge in [-0.25, -0.2) is 4.98 Å². The highest BCUT2D eigenvalue weighted by Crippen LogP contribution is 2.37. The summed E-state index contributed by atoms with van der Waals surface area (Å²) in [5.41, 5.74) is 1.32. The summed E-state index contributed by atoms with van der Waals surface area (Å²) < 4.78 is 0. The van der Waals surface area contributed by atoms with Crippen LogP contribution in [-0.2, 0) is 12.8 Å². The van der Waals surface area contributed by atoms with Crippen molar-refractivity contribution < 1.29 is 0 Å². The third-order valence-electron chi connectivity index (χ3n) is 3.89. The maximum absolute atomic E-state index is 4.86. The molecule has 2 aromatic rings. The second-order valence-electron chi connectivity index (χ2n) is 5.29. The van der Waals surface area contributed by atoms with E-state index in [-0.39, 0.29) is 0 Å². The predicted molar refractivity (Wildman–Crippen MR) is 88.1 cm³/mol. The fourth-order valence-corrected chi connectivity index (χ4v) is 4.62. The zero-order valence-corrected chi connectivity index (χ0v) is 13.7. The third-order valence-corrected chi connectivity index (χ3v) is 6.15. The van der Waals surface area contributed by atoms with Crippen molar-refractivity contribution in [3.63, 3.8) is 0 Å². The van der Waals surface area contributed by atoms with Crippen LogP contribution in [0.3, 0.4) is 0 Å². The fourth-order valence-electron chi connectivity index (χ4n) is 2.67. The summed E-state index contributed by atoms with van der Waals surface area (Å²) in [7, 11) is 4.21. The molecule has 20 heavy (non-hydrogen) atoms. The van der Waals surface area contributed by atoms with Crippen molar-refractivity contribution >= 4 is 27.8 Å². The number of likely N-dealkylation sites (N-methyl/N-ethyl adjacent to an activating group) is 1. The molecule has 0 spiro atoms. The quantitative estimate of drug-likeness (QED) is 0.916. The van der Waals surface area contributed by atoms with E-state index in [0.29, 0.717) is 6.04 Å². The molecule has 3 rings (SSSR count). The first-order valence-electron chi connectivity index (χ1n) is 7.18. The predicted octanol–water partition coefficient (Wildman–Crippen LogP) is 3.48. The molecule has 0 saturated heterocycles. The normalized spacial score (nSPS) is 18.0. The van der Waals surface area contributed by atoms with E-state index in [4.69, 9.17) is 4.98 Å². The summed E-state index contributed by atoms with van der Waals surface area (Å²) in [4.78, 5) is 10.1. The number of thiophene rings is 1. The van der Waals surface area contributed by atoms with E-state index in [1.54, 1.807) is 0 Å². The minimum absolute atomic E-state index is 0.510. The van der Waals surface area contributed by atoms with Gasteiger partial charge in [0.1, 0.15) is 0 Å². The van der Waals surface area contributed by atoms with Crippen molar-refractivity contribution in [2.45, 2.75) is 31.7 Å².